The minimum Gasteiger partial charge on any atom is -0.388 e. The molecule has 3 aromatic rings. The second kappa shape index (κ2) is 8.38. The Labute approximate surface area is 187 Å². The first-order valence-corrected chi connectivity index (χ1v) is 10.8. The molecule has 0 aliphatic carbocycles. The number of halogens is 1. The highest BCUT2D eigenvalue weighted by Crippen LogP contribution is 2.38. The Kier molecular flexibility index (Phi) is 5.59. The molecule has 0 bridgehead atoms. The number of aryl methyl sites for hydroxylation is 1. The summed E-state index contributed by atoms with van der Waals surface area (Å²) in [5, 5.41) is 15.5. The summed E-state index contributed by atoms with van der Waals surface area (Å²) in [6, 6.07) is 10.8. The fourth-order valence-corrected chi connectivity index (χ4v) is 4.34. The molecule has 0 saturated carbocycles. The number of pyridine rings is 1. The zero-order valence-electron chi connectivity index (χ0n) is 16.7. The summed E-state index contributed by atoms with van der Waals surface area (Å²) < 4.78 is 20.6. The lowest BCUT2D eigenvalue weighted by atomic mass is 9.92. The van der Waals surface area contributed by atoms with Gasteiger partial charge < -0.3 is 25.1 Å². The first-order chi connectivity index (χ1) is 15.0. The lowest BCUT2D eigenvalue weighted by Crippen LogP contribution is -2.62. The molecule has 162 valence electrons. The van der Waals surface area contributed by atoms with Gasteiger partial charge in [0.05, 0.1) is 24.5 Å². The van der Waals surface area contributed by atoms with E-state index >= 15 is 0 Å². The number of rotatable bonds is 3. The van der Waals surface area contributed by atoms with Crippen LogP contribution in [0.1, 0.15) is 29.6 Å². The van der Waals surface area contributed by atoms with Crippen LogP contribution in [0.25, 0.3) is 5.69 Å². The van der Waals surface area contributed by atoms with Gasteiger partial charge in [-0.15, -0.1) is 0 Å². The van der Waals surface area contributed by atoms with Crippen LogP contribution in [0.5, 0.6) is 0 Å². The van der Waals surface area contributed by atoms with E-state index in [1.165, 1.54) is 0 Å². The van der Waals surface area contributed by atoms with Crippen LogP contribution in [0.4, 0.5) is 0 Å². The summed E-state index contributed by atoms with van der Waals surface area (Å²) in [6.45, 7) is 2.06. The van der Waals surface area contributed by atoms with Gasteiger partial charge in [-0.25, -0.2) is 9.67 Å². The molecule has 2 fully saturated rings. The van der Waals surface area contributed by atoms with Crippen LogP contribution < -0.4 is 5.73 Å². The van der Waals surface area contributed by atoms with E-state index in [0.29, 0.717) is 17.3 Å². The number of hydrogen-bond acceptors (Lipinski definition) is 8. The van der Waals surface area contributed by atoms with E-state index in [0.717, 1.165) is 10.0 Å². The average molecular weight is 488 g/mol. The van der Waals surface area contributed by atoms with E-state index in [-0.39, 0.29) is 6.61 Å². The van der Waals surface area contributed by atoms with Gasteiger partial charge in [-0.3, -0.25) is 4.98 Å². The van der Waals surface area contributed by atoms with Crippen molar-refractivity contribution in [1.82, 2.24) is 19.7 Å². The molecule has 31 heavy (non-hydrogen) atoms. The zero-order chi connectivity index (χ0) is 21.5. The SMILES string of the molecule is Cc1nc([C@@H]2OC3COC(c4ccccc4)O[C@@H]3C(N)C2O)n(-c2cncc(Br)c2)n1. The number of aromatic nitrogens is 4. The van der Waals surface area contributed by atoms with Crippen LogP contribution in [-0.2, 0) is 14.2 Å². The molecule has 0 radical (unpaired) electrons. The highest BCUT2D eigenvalue weighted by atomic mass is 79.9. The van der Waals surface area contributed by atoms with Crippen molar-refractivity contribution < 1.29 is 19.3 Å². The largest absolute Gasteiger partial charge is 0.388 e. The fourth-order valence-electron chi connectivity index (χ4n) is 3.99. The normalized spacial score (nSPS) is 30.7. The molecule has 1 aromatic carbocycles. The number of nitrogens with two attached hydrogens (primary N) is 1. The molecular formula is C21H22BrN5O4. The highest BCUT2D eigenvalue weighted by Gasteiger charge is 2.49. The smallest absolute Gasteiger partial charge is 0.184 e. The lowest BCUT2D eigenvalue weighted by molar-refractivity contribution is -0.309. The third-order valence-electron chi connectivity index (χ3n) is 5.46. The number of nitrogens with zero attached hydrogens (tertiary/aromatic N) is 4. The highest BCUT2D eigenvalue weighted by molar-refractivity contribution is 9.10. The average Bonchev–Trinajstić information content (AvgIpc) is 3.18. The van der Waals surface area contributed by atoms with Crippen molar-refractivity contribution in [1.29, 1.82) is 0 Å². The van der Waals surface area contributed by atoms with Crippen LogP contribution in [0.3, 0.4) is 0 Å². The van der Waals surface area contributed by atoms with Gasteiger partial charge in [-0.05, 0) is 28.9 Å². The summed E-state index contributed by atoms with van der Waals surface area (Å²) in [5.41, 5.74) is 8.02. The van der Waals surface area contributed by atoms with E-state index in [9.17, 15) is 5.11 Å². The first-order valence-electron chi connectivity index (χ1n) is 9.97. The molecule has 0 spiro atoms. The van der Waals surface area contributed by atoms with E-state index < -0.39 is 36.7 Å². The van der Waals surface area contributed by atoms with Crippen molar-refractivity contribution in [3.05, 3.63) is 70.5 Å². The Morgan fingerprint density at radius 3 is 2.77 bits per heavy atom. The van der Waals surface area contributed by atoms with Crippen LogP contribution in [0, 0.1) is 6.92 Å². The summed E-state index contributed by atoms with van der Waals surface area (Å²) in [5.74, 6) is 0.991. The van der Waals surface area contributed by atoms with Crippen LogP contribution in [0.2, 0.25) is 0 Å². The topological polar surface area (TPSA) is 118 Å². The number of benzene rings is 1. The van der Waals surface area contributed by atoms with Crippen molar-refractivity contribution in [2.45, 2.75) is 43.7 Å². The quantitative estimate of drug-likeness (QED) is 0.575. The van der Waals surface area contributed by atoms with Crippen LogP contribution >= 0.6 is 15.9 Å². The lowest BCUT2D eigenvalue weighted by Gasteiger charge is -2.46. The molecule has 2 aliphatic rings. The summed E-state index contributed by atoms with van der Waals surface area (Å²) >= 11 is 3.42. The maximum absolute atomic E-state index is 11.0. The number of aliphatic hydroxyl groups is 1. The third kappa shape index (κ3) is 3.91. The molecule has 2 aliphatic heterocycles. The Bertz CT molecular complexity index is 1060. The Hall–Kier alpha value is -2.21. The van der Waals surface area contributed by atoms with Crippen molar-refractivity contribution in [3.8, 4) is 5.69 Å². The molecular weight excluding hydrogens is 466 g/mol. The molecule has 6 atom stereocenters. The van der Waals surface area contributed by atoms with Crippen molar-refractivity contribution >= 4 is 15.9 Å². The molecule has 2 saturated heterocycles. The van der Waals surface area contributed by atoms with E-state index in [1.54, 1.807) is 24.0 Å². The van der Waals surface area contributed by atoms with Gasteiger partial charge in [0, 0.05) is 16.2 Å². The molecule has 0 amide bonds. The van der Waals surface area contributed by atoms with Gasteiger partial charge in [-0.2, -0.15) is 5.10 Å². The van der Waals surface area contributed by atoms with Gasteiger partial charge in [0.25, 0.3) is 0 Å². The Morgan fingerprint density at radius 1 is 1.19 bits per heavy atom. The Morgan fingerprint density at radius 2 is 2.00 bits per heavy atom. The minimum absolute atomic E-state index is 0.284. The van der Waals surface area contributed by atoms with Crippen LogP contribution in [-0.4, -0.2) is 55.8 Å². The molecule has 4 unspecified atom stereocenters. The second-order valence-corrected chi connectivity index (χ2v) is 8.55. The van der Waals surface area contributed by atoms with E-state index in [4.69, 9.17) is 19.9 Å². The maximum atomic E-state index is 11.0. The molecule has 5 rings (SSSR count). The van der Waals surface area contributed by atoms with Crippen molar-refractivity contribution in [2.75, 3.05) is 6.61 Å². The standard InChI is InChI=1S/C21H22BrN5O4/c1-11-25-20(27(26-11)14-7-13(22)8-24-9-14)19-17(28)16(23)18-15(30-19)10-29-21(31-18)12-5-3-2-4-6-12/h2-9,15-19,21,28H,10,23H2,1H3/t15?,16?,17?,18-,19+,21?/m0/s1. The van der Waals surface area contributed by atoms with E-state index in [2.05, 4.69) is 31.0 Å². The van der Waals surface area contributed by atoms with Gasteiger partial charge in [-0.1, -0.05) is 30.3 Å². The number of aliphatic hydroxyl groups excluding tert-OH is 1. The molecule has 2 aromatic heterocycles. The second-order valence-electron chi connectivity index (χ2n) is 7.63. The zero-order valence-corrected chi connectivity index (χ0v) is 18.3. The summed E-state index contributed by atoms with van der Waals surface area (Å²) in [7, 11) is 0. The van der Waals surface area contributed by atoms with Gasteiger partial charge in [0.15, 0.2) is 12.1 Å². The first kappa shape index (κ1) is 20.7. The Balaban J connectivity index is 1.42. The number of fused-ring (bicyclic) bond motifs is 1. The van der Waals surface area contributed by atoms with Crippen molar-refractivity contribution in [2.24, 2.45) is 5.73 Å². The fraction of sp³-hybridized carbons (Fsp3) is 0.381. The van der Waals surface area contributed by atoms with Gasteiger partial charge >= 0.3 is 0 Å². The predicted octanol–water partition coefficient (Wildman–Crippen LogP) is 1.98. The molecule has 4 heterocycles. The summed E-state index contributed by atoms with van der Waals surface area (Å²) in [6.07, 6.45) is -0.0176. The van der Waals surface area contributed by atoms with E-state index in [1.807, 2.05) is 36.4 Å². The van der Waals surface area contributed by atoms with Gasteiger partial charge in [0.2, 0.25) is 0 Å². The maximum Gasteiger partial charge on any atom is 0.184 e. The molecule has 9 nitrogen and oxygen atoms in total. The number of hydrogen-bond donors (Lipinski definition) is 2. The third-order valence-corrected chi connectivity index (χ3v) is 5.90. The predicted molar refractivity (Wildman–Crippen MR) is 113 cm³/mol. The van der Waals surface area contributed by atoms with Crippen LogP contribution in [0.15, 0.2) is 53.3 Å². The minimum atomic E-state index is -1.04. The van der Waals surface area contributed by atoms with Gasteiger partial charge in [0.1, 0.15) is 30.2 Å². The number of ether oxygens (including phenoxy) is 3. The monoisotopic (exact) mass is 487 g/mol. The van der Waals surface area contributed by atoms with Crippen molar-refractivity contribution in [3.63, 3.8) is 0 Å². The molecule has 10 heteroatoms. The molecule has 3 N–H and O–H groups in total. The summed E-state index contributed by atoms with van der Waals surface area (Å²) in [4.78, 5) is 8.70.